The first kappa shape index (κ1) is 35.6. The van der Waals surface area contributed by atoms with Crippen molar-refractivity contribution >= 4 is 16.9 Å². The summed E-state index contributed by atoms with van der Waals surface area (Å²) in [5, 5.41) is 21.3. The molecule has 0 saturated heterocycles. The second-order valence-electron chi connectivity index (χ2n) is 12.3. The Morgan fingerprint density at radius 2 is 1.52 bits per heavy atom. The molecule has 0 fully saturated rings. The van der Waals surface area contributed by atoms with Crippen LogP contribution in [0.25, 0.3) is 22.3 Å². The van der Waals surface area contributed by atoms with Gasteiger partial charge in [-0.1, -0.05) is 71.7 Å². The Morgan fingerprint density at radius 3 is 2.16 bits per heavy atom. The number of esters is 1. The van der Waals surface area contributed by atoms with E-state index >= 15 is 0 Å². The molecule has 3 aromatic rings. The quantitative estimate of drug-likeness (QED) is 0.0996. The highest BCUT2D eigenvalue weighted by molar-refractivity contribution is 5.84. The molecule has 3 unspecified atom stereocenters. The summed E-state index contributed by atoms with van der Waals surface area (Å²) >= 11 is 0. The molecule has 244 valence electrons. The predicted molar refractivity (Wildman–Crippen MR) is 173 cm³/mol. The van der Waals surface area contributed by atoms with E-state index in [0.29, 0.717) is 11.7 Å². The Labute approximate surface area is 262 Å². The lowest BCUT2D eigenvalue weighted by Crippen LogP contribution is -2.30. The van der Waals surface area contributed by atoms with E-state index in [1.165, 1.54) is 24.8 Å². The smallest absolute Gasteiger partial charge is 0.309 e. The molecule has 2 aromatic carbocycles. The molecule has 0 aliphatic carbocycles. The highest BCUT2D eigenvalue weighted by atomic mass is 16.6. The molecule has 0 aliphatic rings. The molecule has 3 rings (SSSR count). The van der Waals surface area contributed by atoms with E-state index in [1.807, 2.05) is 38.1 Å². The van der Waals surface area contributed by atoms with Crippen molar-refractivity contribution in [1.29, 1.82) is 0 Å². The van der Waals surface area contributed by atoms with E-state index in [-0.39, 0.29) is 57.4 Å². The van der Waals surface area contributed by atoms with Gasteiger partial charge in [-0.05, 0) is 54.9 Å². The van der Waals surface area contributed by atoms with Crippen LogP contribution in [0, 0.1) is 17.8 Å². The minimum atomic E-state index is -0.909. The number of hydrogen-bond donors (Lipinski definition) is 2. The van der Waals surface area contributed by atoms with Crippen LogP contribution in [0.5, 0.6) is 5.75 Å². The van der Waals surface area contributed by atoms with Crippen LogP contribution >= 0.6 is 0 Å². The van der Waals surface area contributed by atoms with Crippen LogP contribution in [0.3, 0.4) is 0 Å². The standard InChI is InChI=1S/C36H52O8/c1-6-7-8-9-27-10-12-28(13-11-27)34-19-29-14-15-32(20-35(29)44-34)42-23-30(37)21-40-16-17-41-22-31(38)24-43-36(39)33(26(4)5)18-25(2)3/h10-15,19-20,25-26,30-31,33,37-38H,6-9,16-18,21-24H2,1-5H3. The number of aryl methyl sites for hydroxylation is 1. The number of hydrogen-bond acceptors (Lipinski definition) is 8. The van der Waals surface area contributed by atoms with Gasteiger partial charge in [0, 0.05) is 17.0 Å². The van der Waals surface area contributed by atoms with Gasteiger partial charge < -0.3 is 33.6 Å². The highest BCUT2D eigenvalue weighted by Gasteiger charge is 2.25. The van der Waals surface area contributed by atoms with E-state index in [9.17, 15) is 15.0 Å². The van der Waals surface area contributed by atoms with E-state index in [2.05, 4.69) is 45.0 Å². The topological polar surface area (TPSA) is 108 Å². The van der Waals surface area contributed by atoms with Crippen molar-refractivity contribution in [2.45, 2.75) is 78.9 Å². The number of aliphatic hydroxyl groups is 2. The normalized spacial score (nSPS) is 13.8. The number of fused-ring (bicyclic) bond motifs is 1. The van der Waals surface area contributed by atoms with Crippen LogP contribution in [0.4, 0.5) is 0 Å². The van der Waals surface area contributed by atoms with Gasteiger partial charge in [0.05, 0.1) is 32.3 Å². The van der Waals surface area contributed by atoms with Crippen molar-refractivity contribution in [2.24, 2.45) is 17.8 Å². The molecular formula is C36H52O8. The molecule has 0 radical (unpaired) electrons. The first-order valence-corrected chi connectivity index (χ1v) is 16.1. The summed E-state index contributed by atoms with van der Waals surface area (Å²) < 4.78 is 28.1. The third-order valence-electron chi connectivity index (χ3n) is 7.48. The van der Waals surface area contributed by atoms with Gasteiger partial charge in [-0.2, -0.15) is 0 Å². The lowest BCUT2D eigenvalue weighted by atomic mass is 9.88. The van der Waals surface area contributed by atoms with Crippen LogP contribution < -0.4 is 4.74 Å². The molecule has 1 aromatic heterocycles. The maximum Gasteiger partial charge on any atom is 0.309 e. The minimum Gasteiger partial charge on any atom is -0.491 e. The number of furan rings is 1. The highest BCUT2D eigenvalue weighted by Crippen LogP contribution is 2.30. The summed E-state index contributed by atoms with van der Waals surface area (Å²) in [5.41, 5.74) is 3.10. The molecule has 44 heavy (non-hydrogen) atoms. The van der Waals surface area contributed by atoms with Gasteiger partial charge in [-0.15, -0.1) is 0 Å². The second-order valence-corrected chi connectivity index (χ2v) is 12.3. The van der Waals surface area contributed by atoms with Gasteiger partial charge >= 0.3 is 5.97 Å². The monoisotopic (exact) mass is 612 g/mol. The van der Waals surface area contributed by atoms with Crippen molar-refractivity contribution in [3.05, 3.63) is 54.1 Å². The number of unbranched alkanes of at least 4 members (excludes halogenated alkanes) is 2. The summed E-state index contributed by atoms with van der Waals surface area (Å²) in [6.07, 6.45) is 3.81. The zero-order valence-electron chi connectivity index (χ0n) is 27.1. The molecule has 0 spiro atoms. The molecule has 1 heterocycles. The Hall–Kier alpha value is -2.91. The summed E-state index contributed by atoms with van der Waals surface area (Å²) in [4.78, 5) is 12.4. The van der Waals surface area contributed by atoms with E-state index < -0.39 is 12.2 Å². The fourth-order valence-corrected chi connectivity index (χ4v) is 4.94. The number of benzene rings is 2. The number of carbonyl (C=O) groups excluding carboxylic acids is 1. The fourth-order valence-electron chi connectivity index (χ4n) is 4.94. The Bertz CT molecular complexity index is 1230. The Morgan fingerprint density at radius 1 is 0.841 bits per heavy atom. The van der Waals surface area contributed by atoms with Gasteiger partial charge in [0.15, 0.2) is 0 Å². The van der Waals surface area contributed by atoms with Crippen LogP contribution in [-0.4, -0.2) is 68.0 Å². The molecule has 8 nitrogen and oxygen atoms in total. The molecule has 0 aliphatic heterocycles. The van der Waals surface area contributed by atoms with Gasteiger partial charge in [-0.3, -0.25) is 4.79 Å². The average molecular weight is 613 g/mol. The van der Waals surface area contributed by atoms with Crippen LogP contribution in [0.2, 0.25) is 0 Å². The number of carbonyl (C=O) groups is 1. The van der Waals surface area contributed by atoms with Crippen LogP contribution in [0.15, 0.2) is 52.9 Å². The molecule has 2 N–H and O–H groups in total. The maximum atomic E-state index is 12.4. The maximum absolute atomic E-state index is 12.4. The SMILES string of the molecule is CCCCCc1ccc(-c2cc3ccc(OCC(O)COCCOCC(O)COC(=O)C(CC(C)C)C(C)C)cc3o2)cc1. The zero-order chi connectivity index (χ0) is 31.9. The molecule has 3 atom stereocenters. The van der Waals surface area contributed by atoms with Crippen molar-refractivity contribution in [2.75, 3.05) is 39.6 Å². The first-order valence-electron chi connectivity index (χ1n) is 16.1. The molecule has 0 bridgehead atoms. The lowest BCUT2D eigenvalue weighted by Gasteiger charge is -2.22. The molecule has 8 heteroatoms. The van der Waals surface area contributed by atoms with Crippen molar-refractivity contribution in [3.8, 4) is 17.1 Å². The van der Waals surface area contributed by atoms with Crippen molar-refractivity contribution in [3.63, 3.8) is 0 Å². The summed E-state index contributed by atoms with van der Waals surface area (Å²) in [6.45, 7) is 10.9. The van der Waals surface area contributed by atoms with Crippen molar-refractivity contribution < 1.29 is 38.4 Å². The minimum absolute atomic E-state index is 0.0279. The third-order valence-corrected chi connectivity index (χ3v) is 7.48. The Kier molecular flexibility index (Phi) is 15.2. The predicted octanol–water partition coefficient (Wildman–Crippen LogP) is 6.83. The van der Waals surface area contributed by atoms with E-state index in [0.717, 1.165) is 35.1 Å². The van der Waals surface area contributed by atoms with Crippen LogP contribution in [0.1, 0.15) is 65.9 Å². The summed E-state index contributed by atoms with van der Waals surface area (Å²) in [5.74, 6) is 1.52. The summed E-state index contributed by atoms with van der Waals surface area (Å²) in [7, 11) is 0. The molecular weight excluding hydrogens is 560 g/mol. The lowest BCUT2D eigenvalue weighted by molar-refractivity contribution is -0.155. The Balaban J connectivity index is 1.31. The van der Waals surface area contributed by atoms with Crippen molar-refractivity contribution in [1.82, 2.24) is 0 Å². The van der Waals surface area contributed by atoms with E-state index in [4.69, 9.17) is 23.4 Å². The molecule has 0 saturated carbocycles. The number of rotatable bonds is 21. The first-order chi connectivity index (χ1) is 21.2. The van der Waals surface area contributed by atoms with Gasteiger partial charge in [0.25, 0.3) is 0 Å². The van der Waals surface area contributed by atoms with Gasteiger partial charge in [0.2, 0.25) is 0 Å². The van der Waals surface area contributed by atoms with Gasteiger partial charge in [0.1, 0.15) is 42.5 Å². The number of ether oxygens (including phenoxy) is 4. The third kappa shape index (κ3) is 12.2. The molecule has 0 amide bonds. The summed E-state index contributed by atoms with van der Waals surface area (Å²) in [6, 6.07) is 16.2. The average Bonchev–Trinajstić information content (AvgIpc) is 3.43. The van der Waals surface area contributed by atoms with E-state index in [1.54, 1.807) is 0 Å². The second kappa shape index (κ2) is 18.8. The van der Waals surface area contributed by atoms with Crippen LogP contribution in [-0.2, 0) is 25.4 Å². The van der Waals surface area contributed by atoms with Gasteiger partial charge in [-0.25, -0.2) is 0 Å². The fraction of sp³-hybridized carbons (Fsp3) is 0.583. The number of aliphatic hydroxyl groups excluding tert-OH is 2. The largest absolute Gasteiger partial charge is 0.491 e. The zero-order valence-corrected chi connectivity index (χ0v) is 27.1.